The van der Waals surface area contributed by atoms with Crippen molar-refractivity contribution in [3.05, 3.63) is 59.2 Å². The first kappa shape index (κ1) is 19.8. The number of carbonyl (C=O) groups is 4. The Bertz CT molecular complexity index is 1050. The summed E-state index contributed by atoms with van der Waals surface area (Å²) in [5.41, 5.74) is 3.01. The number of rotatable bonds is 5. The molecule has 0 atom stereocenters. The van der Waals surface area contributed by atoms with Crippen LogP contribution in [0.2, 0.25) is 0 Å². The quantitative estimate of drug-likeness (QED) is 0.775. The number of nitrogens with one attached hydrogen (secondary N) is 1. The summed E-state index contributed by atoms with van der Waals surface area (Å²) in [6.45, 7) is 2.55. The van der Waals surface area contributed by atoms with Crippen molar-refractivity contribution >= 4 is 35.0 Å². The number of fused-ring (bicyclic) bond motifs is 1. The maximum atomic E-state index is 12.5. The normalized spacial score (nSPS) is 16.1. The minimum absolute atomic E-state index is 0.00266. The predicted octanol–water partition coefficient (Wildman–Crippen LogP) is 3.14. The fraction of sp³-hybridized carbons (Fsp3) is 0.304. The van der Waals surface area contributed by atoms with Crippen molar-refractivity contribution in [3.63, 3.8) is 0 Å². The van der Waals surface area contributed by atoms with Gasteiger partial charge in [-0.15, -0.1) is 0 Å². The van der Waals surface area contributed by atoms with Crippen LogP contribution in [0.25, 0.3) is 0 Å². The van der Waals surface area contributed by atoms with Crippen LogP contribution in [-0.4, -0.2) is 41.6 Å². The molecule has 0 unspecified atom stereocenters. The molecular formula is C23H23N3O4. The molecule has 0 aromatic heterocycles. The fourth-order valence-corrected chi connectivity index (χ4v) is 3.87. The Balaban J connectivity index is 1.38. The molecule has 30 heavy (non-hydrogen) atoms. The van der Waals surface area contributed by atoms with E-state index in [0.717, 1.165) is 29.0 Å². The van der Waals surface area contributed by atoms with Crippen LogP contribution in [0.5, 0.6) is 0 Å². The van der Waals surface area contributed by atoms with Crippen molar-refractivity contribution in [2.24, 2.45) is 0 Å². The topological polar surface area (TPSA) is 86.8 Å². The average molecular weight is 405 g/mol. The summed E-state index contributed by atoms with van der Waals surface area (Å²) < 4.78 is 0. The van der Waals surface area contributed by atoms with E-state index >= 15 is 0 Å². The zero-order chi connectivity index (χ0) is 21.3. The molecule has 0 radical (unpaired) electrons. The molecule has 2 aromatic carbocycles. The zero-order valence-corrected chi connectivity index (χ0v) is 16.8. The molecule has 0 bridgehead atoms. The zero-order valence-electron chi connectivity index (χ0n) is 16.8. The van der Waals surface area contributed by atoms with E-state index in [1.807, 2.05) is 13.0 Å². The van der Waals surface area contributed by atoms with E-state index < -0.39 is 0 Å². The highest BCUT2D eigenvalue weighted by Crippen LogP contribution is 2.25. The number of aryl methyl sites for hydroxylation is 1. The lowest BCUT2D eigenvalue weighted by atomic mass is 10.1. The van der Waals surface area contributed by atoms with E-state index in [0.29, 0.717) is 29.8 Å². The molecule has 1 saturated heterocycles. The minimum atomic E-state index is -0.367. The summed E-state index contributed by atoms with van der Waals surface area (Å²) in [5, 5.41) is 2.79. The molecule has 2 aliphatic heterocycles. The fourth-order valence-electron chi connectivity index (χ4n) is 3.87. The van der Waals surface area contributed by atoms with E-state index in [9.17, 15) is 19.2 Å². The molecule has 1 N–H and O–H groups in total. The van der Waals surface area contributed by atoms with Crippen LogP contribution >= 0.6 is 0 Å². The first-order valence-electron chi connectivity index (χ1n) is 10.1. The summed E-state index contributed by atoms with van der Waals surface area (Å²) >= 11 is 0. The number of benzene rings is 2. The lowest BCUT2D eigenvalue weighted by Gasteiger charge is -2.27. The van der Waals surface area contributed by atoms with Gasteiger partial charge in [0.2, 0.25) is 11.8 Å². The molecule has 4 rings (SSSR count). The molecule has 7 heteroatoms. The molecule has 154 valence electrons. The van der Waals surface area contributed by atoms with E-state index in [2.05, 4.69) is 5.32 Å². The number of amides is 4. The predicted molar refractivity (Wildman–Crippen MR) is 112 cm³/mol. The first-order chi connectivity index (χ1) is 14.4. The second-order valence-corrected chi connectivity index (χ2v) is 7.66. The van der Waals surface area contributed by atoms with Crippen molar-refractivity contribution in [1.29, 1.82) is 0 Å². The number of hydrogen-bond donors (Lipinski definition) is 1. The van der Waals surface area contributed by atoms with E-state index in [-0.39, 0.29) is 36.6 Å². The lowest BCUT2D eigenvalue weighted by Crippen LogP contribution is -2.35. The highest BCUT2D eigenvalue weighted by Gasteiger charge is 2.35. The largest absolute Gasteiger partial charge is 0.326 e. The van der Waals surface area contributed by atoms with Gasteiger partial charge in [0.15, 0.2) is 0 Å². The molecule has 2 aromatic rings. The maximum absolute atomic E-state index is 12.5. The van der Waals surface area contributed by atoms with Crippen LogP contribution in [0.3, 0.4) is 0 Å². The van der Waals surface area contributed by atoms with Gasteiger partial charge in [0.25, 0.3) is 11.8 Å². The van der Waals surface area contributed by atoms with Gasteiger partial charge >= 0.3 is 0 Å². The van der Waals surface area contributed by atoms with Crippen LogP contribution in [0.15, 0.2) is 42.5 Å². The van der Waals surface area contributed by atoms with Gasteiger partial charge < -0.3 is 10.2 Å². The number of imide groups is 1. The third-order valence-corrected chi connectivity index (χ3v) is 5.45. The van der Waals surface area contributed by atoms with Gasteiger partial charge in [0, 0.05) is 37.3 Å². The Kier molecular flexibility index (Phi) is 5.35. The van der Waals surface area contributed by atoms with E-state index in [1.54, 1.807) is 41.3 Å². The number of nitrogens with zero attached hydrogens (tertiary/aromatic N) is 2. The Morgan fingerprint density at radius 3 is 2.60 bits per heavy atom. The number of carbonyl (C=O) groups excluding carboxylic acids is 4. The van der Waals surface area contributed by atoms with Gasteiger partial charge in [-0.1, -0.05) is 17.7 Å². The van der Waals surface area contributed by atoms with Crippen LogP contribution in [-0.2, 0) is 9.59 Å². The van der Waals surface area contributed by atoms with Crippen molar-refractivity contribution in [1.82, 2.24) is 4.90 Å². The molecule has 0 aliphatic carbocycles. The Morgan fingerprint density at radius 2 is 1.80 bits per heavy atom. The third kappa shape index (κ3) is 3.83. The van der Waals surface area contributed by atoms with E-state index in [1.165, 1.54) is 0 Å². The Morgan fingerprint density at radius 1 is 1.00 bits per heavy atom. The number of hydrogen-bond acceptors (Lipinski definition) is 4. The highest BCUT2D eigenvalue weighted by atomic mass is 16.2. The summed E-state index contributed by atoms with van der Waals surface area (Å²) in [6.07, 6.45) is 2.40. The average Bonchev–Trinajstić information content (AvgIpc) is 2.96. The van der Waals surface area contributed by atoms with Gasteiger partial charge in [-0.2, -0.15) is 0 Å². The third-order valence-electron chi connectivity index (χ3n) is 5.45. The lowest BCUT2D eigenvalue weighted by molar-refractivity contribution is -0.119. The summed E-state index contributed by atoms with van der Waals surface area (Å²) in [6, 6.07) is 12.3. The summed E-state index contributed by atoms with van der Waals surface area (Å²) in [5.74, 6) is -0.944. The summed E-state index contributed by atoms with van der Waals surface area (Å²) in [4.78, 5) is 52.4. The van der Waals surface area contributed by atoms with Crippen molar-refractivity contribution in [2.75, 3.05) is 23.3 Å². The summed E-state index contributed by atoms with van der Waals surface area (Å²) in [7, 11) is 0. The molecular weight excluding hydrogens is 382 g/mol. The van der Waals surface area contributed by atoms with E-state index in [4.69, 9.17) is 0 Å². The highest BCUT2D eigenvalue weighted by molar-refractivity contribution is 6.21. The molecule has 1 fully saturated rings. The maximum Gasteiger partial charge on any atom is 0.261 e. The molecule has 2 aliphatic rings. The monoisotopic (exact) mass is 405 g/mol. The SMILES string of the molecule is Cc1ccc2c(c1)C(=O)N(CCC(=O)Nc1cccc(N3CCCCC3=O)c1)C2=O. The Hall–Kier alpha value is -3.48. The molecule has 4 amide bonds. The van der Waals surface area contributed by atoms with Crippen LogP contribution in [0.1, 0.15) is 52.0 Å². The Labute approximate surface area is 174 Å². The van der Waals surface area contributed by atoms with Gasteiger partial charge in [0.05, 0.1) is 11.1 Å². The molecule has 2 heterocycles. The van der Waals surface area contributed by atoms with Gasteiger partial charge in [0.1, 0.15) is 0 Å². The van der Waals surface area contributed by atoms with Crippen LogP contribution in [0.4, 0.5) is 11.4 Å². The van der Waals surface area contributed by atoms with Crippen LogP contribution < -0.4 is 10.2 Å². The molecule has 0 saturated carbocycles. The first-order valence-corrected chi connectivity index (χ1v) is 10.1. The number of anilines is 2. The minimum Gasteiger partial charge on any atom is -0.326 e. The van der Waals surface area contributed by atoms with Crippen molar-refractivity contribution in [2.45, 2.75) is 32.6 Å². The van der Waals surface area contributed by atoms with Crippen molar-refractivity contribution < 1.29 is 19.2 Å². The second kappa shape index (κ2) is 8.10. The smallest absolute Gasteiger partial charge is 0.261 e. The number of piperidine rings is 1. The van der Waals surface area contributed by atoms with Crippen molar-refractivity contribution in [3.8, 4) is 0 Å². The van der Waals surface area contributed by atoms with Crippen LogP contribution in [0, 0.1) is 6.92 Å². The molecule has 7 nitrogen and oxygen atoms in total. The molecule has 0 spiro atoms. The van der Waals surface area contributed by atoms with Gasteiger partial charge in [-0.3, -0.25) is 24.1 Å². The van der Waals surface area contributed by atoms with Gasteiger partial charge in [-0.25, -0.2) is 0 Å². The standard InChI is InChI=1S/C23H23N3O4/c1-15-8-9-18-19(13-15)23(30)26(22(18)29)12-10-20(27)24-16-5-4-6-17(14-16)25-11-3-2-7-21(25)28/h4-6,8-9,13-14H,2-3,7,10-12H2,1H3,(H,24,27). The van der Waals surface area contributed by atoms with Gasteiger partial charge in [-0.05, 0) is 50.1 Å². The second-order valence-electron chi connectivity index (χ2n) is 7.66.